The lowest BCUT2D eigenvalue weighted by Crippen LogP contribution is -2.39. The van der Waals surface area contributed by atoms with Gasteiger partial charge in [-0.25, -0.2) is 4.98 Å². The van der Waals surface area contributed by atoms with E-state index in [4.69, 9.17) is 9.47 Å². The zero-order valence-electron chi connectivity index (χ0n) is 17.1. The van der Waals surface area contributed by atoms with Crippen LogP contribution in [-0.2, 0) is 12.7 Å². The van der Waals surface area contributed by atoms with Crippen molar-refractivity contribution < 1.29 is 36.2 Å². The van der Waals surface area contributed by atoms with Crippen LogP contribution < -0.4 is 24.8 Å². The maximum atomic E-state index is 12.9. The summed E-state index contributed by atoms with van der Waals surface area (Å²) < 4.78 is 78.7. The summed E-state index contributed by atoms with van der Waals surface area (Å²) in [6.07, 6.45) is -3.38. The van der Waals surface area contributed by atoms with Gasteiger partial charge in [0.2, 0.25) is 5.88 Å². The van der Waals surface area contributed by atoms with Gasteiger partial charge in [-0.05, 0) is 30.3 Å². The maximum absolute atomic E-state index is 12.9. The van der Waals surface area contributed by atoms with Crippen molar-refractivity contribution in [1.82, 2.24) is 15.6 Å². The number of halogens is 6. The Morgan fingerprint density at radius 3 is 2.56 bits per heavy atom. The van der Waals surface area contributed by atoms with Crippen molar-refractivity contribution >= 4 is 29.9 Å². The Kier molecular flexibility index (Phi) is 11.2. The fraction of sp³-hybridized carbons (Fsp3) is 0.368. The van der Waals surface area contributed by atoms with Crippen LogP contribution in [-0.4, -0.2) is 44.9 Å². The number of alkyl halides is 5. The summed E-state index contributed by atoms with van der Waals surface area (Å²) in [6, 6.07) is 6.42. The molecule has 0 amide bonds. The number of rotatable bonds is 9. The third-order valence-corrected chi connectivity index (χ3v) is 3.86. The molecule has 2 aromatic rings. The van der Waals surface area contributed by atoms with Gasteiger partial charge in [0, 0.05) is 25.4 Å². The molecule has 7 nitrogen and oxygen atoms in total. The second-order valence-corrected chi connectivity index (χ2v) is 5.91. The SMILES string of the molecule is CN=C(NCCOc1ncccc1C(F)(F)F)NCc1cc(OC)ccc1OC(F)F.I. The van der Waals surface area contributed by atoms with Crippen LogP contribution in [0, 0.1) is 0 Å². The van der Waals surface area contributed by atoms with Gasteiger partial charge >= 0.3 is 12.8 Å². The fourth-order valence-electron chi connectivity index (χ4n) is 2.47. The maximum Gasteiger partial charge on any atom is 0.421 e. The van der Waals surface area contributed by atoms with E-state index in [0.717, 1.165) is 6.07 Å². The highest BCUT2D eigenvalue weighted by Gasteiger charge is 2.35. The van der Waals surface area contributed by atoms with Crippen molar-refractivity contribution in [1.29, 1.82) is 0 Å². The van der Waals surface area contributed by atoms with Gasteiger partial charge in [0.15, 0.2) is 5.96 Å². The van der Waals surface area contributed by atoms with E-state index < -0.39 is 24.2 Å². The molecule has 0 saturated carbocycles. The molecule has 13 heteroatoms. The van der Waals surface area contributed by atoms with Gasteiger partial charge in [-0.15, -0.1) is 24.0 Å². The Labute approximate surface area is 198 Å². The standard InChI is InChI=1S/C19H21F5N4O3.HI/c1-25-18(27-8-9-30-16-14(19(22,23)24)4-3-7-26-16)28-11-12-10-13(29-2)5-6-15(12)31-17(20)21;/h3-7,10,17H,8-9,11H2,1-2H3,(H2,25,27,28);1H. The van der Waals surface area contributed by atoms with Crippen LogP contribution in [0.1, 0.15) is 11.1 Å². The number of nitrogens with zero attached hydrogens (tertiary/aromatic N) is 2. The molecule has 0 aliphatic carbocycles. The summed E-state index contributed by atoms with van der Waals surface area (Å²) in [5.41, 5.74) is -0.579. The van der Waals surface area contributed by atoms with Gasteiger partial charge in [0.05, 0.1) is 13.7 Å². The Bertz CT molecular complexity index is 884. The lowest BCUT2D eigenvalue weighted by molar-refractivity contribution is -0.139. The van der Waals surface area contributed by atoms with Crippen LogP contribution in [0.25, 0.3) is 0 Å². The van der Waals surface area contributed by atoms with Gasteiger partial charge in [-0.1, -0.05) is 0 Å². The van der Waals surface area contributed by atoms with E-state index in [0.29, 0.717) is 11.3 Å². The first-order valence-corrected chi connectivity index (χ1v) is 8.96. The summed E-state index contributed by atoms with van der Waals surface area (Å²) in [5.74, 6) is 0.166. The molecule has 2 N–H and O–H groups in total. The molecule has 0 unspecified atom stereocenters. The number of pyridine rings is 1. The second-order valence-electron chi connectivity index (χ2n) is 5.91. The predicted molar refractivity (Wildman–Crippen MR) is 118 cm³/mol. The number of aromatic nitrogens is 1. The molecule has 1 aromatic carbocycles. The molecule has 0 bridgehead atoms. The zero-order chi connectivity index (χ0) is 22.9. The molecule has 0 aliphatic heterocycles. The number of nitrogens with one attached hydrogen (secondary N) is 2. The lowest BCUT2D eigenvalue weighted by atomic mass is 10.2. The molecular weight excluding hydrogens is 554 g/mol. The molecule has 2 rings (SSSR count). The smallest absolute Gasteiger partial charge is 0.421 e. The van der Waals surface area contributed by atoms with Crippen molar-refractivity contribution in [3.8, 4) is 17.4 Å². The summed E-state index contributed by atoms with van der Waals surface area (Å²) in [5, 5.41) is 5.73. The zero-order valence-corrected chi connectivity index (χ0v) is 19.4. The first-order chi connectivity index (χ1) is 14.7. The largest absolute Gasteiger partial charge is 0.497 e. The van der Waals surface area contributed by atoms with Crippen LogP contribution in [0.4, 0.5) is 22.0 Å². The Hall–Kier alpha value is -2.58. The third-order valence-electron chi connectivity index (χ3n) is 3.86. The molecule has 32 heavy (non-hydrogen) atoms. The summed E-state index contributed by atoms with van der Waals surface area (Å²) in [6.45, 7) is -2.95. The van der Waals surface area contributed by atoms with E-state index in [1.165, 1.54) is 44.6 Å². The van der Waals surface area contributed by atoms with Gasteiger partial charge in [-0.3, -0.25) is 4.99 Å². The van der Waals surface area contributed by atoms with E-state index in [-0.39, 0.29) is 55.4 Å². The second kappa shape index (κ2) is 13.1. The summed E-state index contributed by atoms with van der Waals surface area (Å²) in [7, 11) is 2.91. The van der Waals surface area contributed by atoms with Gasteiger partial charge < -0.3 is 24.8 Å². The van der Waals surface area contributed by atoms with E-state index in [1.807, 2.05) is 0 Å². The van der Waals surface area contributed by atoms with E-state index >= 15 is 0 Å². The molecule has 178 valence electrons. The minimum absolute atomic E-state index is 0. The van der Waals surface area contributed by atoms with Crippen molar-refractivity contribution in [3.63, 3.8) is 0 Å². The van der Waals surface area contributed by atoms with Crippen LogP contribution in [0.15, 0.2) is 41.5 Å². The van der Waals surface area contributed by atoms with Crippen LogP contribution in [0.3, 0.4) is 0 Å². The monoisotopic (exact) mass is 576 g/mol. The number of methoxy groups -OCH3 is 1. The van der Waals surface area contributed by atoms with Gasteiger partial charge in [0.1, 0.15) is 23.7 Å². The number of hydrogen-bond donors (Lipinski definition) is 2. The van der Waals surface area contributed by atoms with Crippen LogP contribution in [0.5, 0.6) is 17.4 Å². The number of hydrogen-bond acceptors (Lipinski definition) is 5. The van der Waals surface area contributed by atoms with Crippen molar-refractivity contribution in [2.45, 2.75) is 19.3 Å². The number of ether oxygens (including phenoxy) is 3. The quantitative estimate of drug-likeness (QED) is 0.154. The molecular formula is C19H22F5IN4O3. The number of aliphatic imine (C=N–C) groups is 1. The van der Waals surface area contributed by atoms with E-state index in [1.54, 1.807) is 0 Å². The van der Waals surface area contributed by atoms with Crippen molar-refractivity contribution in [2.75, 3.05) is 27.3 Å². The molecule has 0 aliphatic rings. The fourth-order valence-corrected chi connectivity index (χ4v) is 2.47. The predicted octanol–water partition coefficient (Wildman–Crippen LogP) is 4.07. The number of guanidine groups is 1. The van der Waals surface area contributed by atoms with Gasteiger partial charge in [0.25, 0.3) is 0 Å². The van der Waals surface area contributed by atoms with Crippen LogP contribution in [0.2, 0.25) is 0 Å². The Morgan fingerprint density at radius 2 is 1.94 bits per heavy atom. The average molecular weight is 576 g/mol. The first kappa shape index (κ1) is 27.5. The van der Waals surface area contributed by atoms with Gasteiger partial charge in [-0.2, -0.15) is 22.0 Å². The third kappa shape index (κ3) is 8.51. The topological polar surface area (TPSA) is 77.0 Å². The molecule has 0 radical (unpaired) electrons. The molecule has 0 atom stereocenters. The lowest BCUT2D eigenvalue weighted by Gasteiger charge is -2.16. The molecule has 1 aromatic heterocycles. The van der Waals surface area contributed by atoms with Crippen molar-refractivity contribution in [3.05, 3.63) is 47.7 Å². The minimum atomic E-state index is -4.58. The molecule has 1 heterocycles. The van der Waals surface area contributed by atoms with Crippen molar-refractivity contribution in [2.24, 2.45) is 4.99 Å². The summed E-state index contributed by atoms with van der Waals surface area (Å²) in [4.78, 5) is 7.57. The minimum Gasteiger partial charge on any atom is -0.497 e. The summed E-state index contributed by atoms with van der Waals surface area (Å²) >= 11 is 0. The van der Waals surface area contributed by atoms with E-state index in [2.05, 4.69) is 25.3 Å². The Morgan fingerprint density at radius 1 is 1.19 bits per heavy atom. The highest BCUT2D eigenvalue weighted by atomic mass is 127. The highest BCUT2D eigenvalue weighted by Crippen LogP contribution is 2.34. The average Bonchev–Trinajstić information content (AvgIpc) is 2.73. The Balaban J connectivity index is 0.00000512. The first-order valence-electron chi connectivity index (χ1n) is 8.96. The number of benzene rings is 1. The molecule has 0 spiro atoms. The highest BCUT2D eigenvalue weighted by molar-refractivity contribution is 14.0. The molecule has 0 saturated heterocycles. The van der Waals surface area contributed by atoms with E-state index in [9.17, 15) is 22.0 Å². The normalized spacial score (nSPS) is 11.6. The van der Waals surface area contributed by atoms with Crippen LogP contribution >= 0.6 is 24.0 Å². The molecule has 0 fully saturated rings.